The lowest BCUT2D eigenvalue weighted by atomic mass is 9.87. The molecule has 29 heavy (non-hydrogen) atoms. The van der Waals surface area contributed by atoms with Crippen LogP contribution in [0.3, 0.4) is 0 Å². The molecule has 3 aromatic rings. The molecule has 0 radical (unpaired) electrons. The Kier molecular flexibility index (Phi) is 7.72. The first kappa shape index (κ1) is 22.3. The highest BCUT2D eigenvalue weighted by atomic mass is 35.5. The SMILES string of the molecule is CCn1c(CSCc2ccc(Cl)cc2)nnc1SCc1ccc(C(C)(C)C)cc1. The first-order chi connectivity index (χ1) is 13.9. The molecule has 0 aliphatic rings. The Bertz CT molecular complexity index is 913. The summed E-state index contributed by atoms with van der Waals surface area (Å²) in [4.78, 5) is 0. The molecule has 3 nitrogen and oxygen atoms in total. The average Bonchev–Trinajstić information content (AvgIpc) is 3.09. The van der Waals surface area contributed by atoms with Gasteiger partial charge in [-0.15, -0.1) is 22.0 Å². The van der Waals surface area contributed by atoms with Gasteiger partial charge in [0, 0.05) is 23.1 Å². The first-order valence-electron chi connectivity index (χ1n) is 9.83. The van der Waals surface area contributed by atoms with Crippen molar-refractivity contribution < 1.29 is 0 Å². The van der Waals surface area contributed by atoms with Crippen molar-refractivity contribution in [2.24, 2.45) is 0 Å². The Morgan fingerprint density at radius 1 is 0.862 bits per heavy atom. The van der Waals surface area contributed by atoms with Gasteiger partial charge in [0.2, 0.25) is 0 Å². The fourth-order valence-corrected chi connectivity index (χ4v) is 4.97. The summed E-state index contributed by atoms with van der Waals surface area (Å²) in [7, 11) is 0. The van der Waals surface area contributed by atoms with E-state index in [1.165, 1.54) is 16.7 Å². The van der Waals surface area contributed by atoms with Crippen LogP contribution in [0.2, 0.25) is 5.02 Å². The molecule has 1 heterocycles. The fourth-order valence-electron chi connectivity index (χ4n) is 2.94. The van der Waals surface area contributed by atoms with Gasteiger partial charge in [-0.3, -0.25) is 0 Å². The quantitative estimate of drug-likeness (QED) is 0.350. The zero-order chi connectivity index (χ0) is 20.9. The minimum absolute atomic E-state index is 0.187. The van der Waals surface area contributed by atoms with Crippen LogP contribution < -0.4 is 0 Å². The lowest BCUT2D eigenvalue weighted by Crippen LogP contribution is -2.10. The van der Waals surface area contributed by atoms with E-state index >= 15 is 0 Å². The molecule has 0 aliphatic carbocycles. The van der Waals surface area contributed by atoms with Crippen molar-refractivity contribution in [3.05, 3.63) is 76.1 Å². The molecule has 0 saturated carbocycles. The van der Waals surface area contributed by atoms with E-state index in [9.17, 15) is 0 Å². The second kappa shape index (κ2) is 10.1. The Labute approximate surface area is 187 Å². The highest BCUT2D eigenvalue weighted by Crippen LogP contribution is 2.27. The summed E-state index contributed by atoms with van der Waals surface area (Å²) in [6.07, 6.45) is 0. The number of rotatable bonds is 8. The first-order valence-corrected chi connectivity index (χ1v) is 12.3. The Balaban J connectivity index is 1.56. The highest BCUT2D eigenvalue weighted by molar-refractivity contribution is 7.98. The van der Waals surface area contributed by atoms with Gasteiger partial charge in [0.1, 0.15) is 5.82 Å². The topological polar surface area (TPSA) is 30.7 Å². The van der Waals surface area contributed by atoms with Crippen LogP contribution in [0, 0.1) is 0 Å². The molecule has 154 valence electrons. The van der Waals surface area contributed by atoms with Crippen molar-refractivity contribution >= 4 is 35.1 Å². The summed E-state index contributed by atoms with van der Waals surface area (Å²) in [5.74, 6) is 3.73. The fraction of sp³-hybridized carbons (Fsp3) is 0.391. The van der Waals surface area contributed by atoms with Crippen LogP contribution in [0.4, 0.5) is 0 Å². The van der Waals surface area contributed by atoms with Crippen LogP contribution in [0.25, 0.3) is 0 Å². The smallest absolute Gasteiger partial charge is 0.191 e. The van der Waals surface area contributed by atoms with Gasteiger partial charge in [-0.2, -0.15) is 0 Å². The van der Waals surface area contributed by atoms with Crippen molar-refractivity contribution in [1.82, 2.24) is 14.8 Å². The van der Waals surface area contributed by atoms with Crippen LogP contribution in [0.1, 0.15) is 50.2 Å². The number of hydrogen-bond donors (Lipinski definition) is 0. The molecule has 6 heteroatoms. The Hall–Kier alpha value is -1.43. The monoisotopic (exact) mass is 445 g/mol. The molecule has 0 atom stereocenters. The predicted molar refractivity (Wildman–Crippen MR) is 127 cm³/mol. The van der Waals surface area contributed by atoms with E-state index in [1.54, 1.807) is 11.8 Å². The van der Waals surface area contributed by atoms with Gasteiger partial charge in [0.15, 0.2) is 5.16 Å². The van der Waals surface area contributed by atoms with Crippen LogP contribution in [0.5, 0.6) is 0 Å². The molecule has 2 aromatic carbocycles. The van der Waals surface area contributed by atoms with Crippen LogP contribution in [0.15, 0.2) is 53.7 Å². The normalized spacial score (nSPS) is 11.8. The minimum Gasteiger partial charge on any atom is -0.306 e. The number of thioether (sulfide) groups is 2. The van der Waals surface area contributed by atoms with E-state index in [4.69, 9.17) is 11.6 Å². The summed E-state index contributed by atoms with van der Waals surface area (Å²) < 4.78 is 2.23. The molecule has 0 spiro atoms. The summed E-state index contributed by atoms with van der Waals surface area (Å²) in [6.45, 7) is 9.76. The van der Waals surface area contributed by atoms with E-state index in [0.29, 0.717) is 0 Å². The van der Waals surface area contributed by atoms with Gasteiger partial charge in [-0.25, -0.2) is 0 Å². The second-order valence-corrected chi connectivity index (χ2v) is 10.4. The zero-order valence-corrected chi connectivity index (χ0v) is 19.9. The molecule has 0 aliphatic heterocycles. The van der Waals surface area contributed by atoms with Gasteiger partial charge < -0.3 is 4.57 Å². The van der Waals surface area contributed by atoms with Crippen molar-refractivity contribution in [3.63, 3.8) is 0 Å². The van der Waals surface area contributed by atoms with Gasteiger partial charge in [-0.05, 0) is 41.2 Å². The molecular formula is C23H28ClN3S2. The number of aromatic nitrogens is 3. The Morgan fingerprint density at radius 3 is 2.10 bits per heavy atom. The third-order valence-electron chi connectivity index (χ3n) is 4.71. The largest absolute Gasteiger partial charge is 0.306 e. The summed E-state index contributed by atoms with van der Waals surface area (Å²) >= 11 is 9.56. The highest BCUT2D eigenvalue weighted by Gasteiger charge is 2.14. The van der Waals surface area contributed by atoms with E-state index in [-0.39, 0.29) is 5.41 Å². The maximum Gasteiger partial charge on any atom is 0.191 e. The van der Waals surface area contributed by atoms with E-state index < -0.39 is 0 Å². The predicted octanol–water partition coefficient (Wildman–Crippen LogP) is 6.97. The van der Waals surface area contributed by atoms with E-state index in [0.717, 1.165) is 39.8 Å². The Morgan fingerprint density at radius 2 is 1.48 bits per heavy atom. The van der Waals surface area contributed by atoms with Crippen LogP contribution in [-0.4, -0.2) is 14.8 Å². The van der Waals surface area contributed by atoms with Crippen molar-refractivity contribution in [1.29, 1.82) is 0 Å². The molecule has 1 aromatic heterocycles. The average molecular weight is 446 g/mol. The van der Waals surface area contributed by atoms with Gasteiger partial charge in [-0.1, -0.05) is 80.5 Å². The molecule has 0 amide bonds. The molecule has 0 unspecified atom stereocenters. The van der Waals surface area contributed by atoms with Crippen molar-refractivity contribution in [3.8, 4) is 0 Å². The zero-order valence-electron chi connectivity index (χ0n) is 17.5. The standard InChI is InChI=1S/C23H28ClN3S2/c1-5-27-21(16-28-14-17-8-12-20(24)13-9-17)25-26-22(27)29-15-18-6-10-19(11-7-18)23(2,3)4/h6-13H,5,14-16H2,1-4H3. The number of nitrogens with zero attached hydrogens (tertiary/aromatic N) is 3. The molecule has 0 fully saturated rings. The third kappa shape index (κ3) is 6.27. The minimum atomic E-state index is 0.187. The maximum atomic E-state index is 5.95. The van der Waals surface area contributed by atoms with Crippen LogP contribution >= 0.6 is 35.1 Å². The maximum absolute atomic E-state index is 5.95. The van der Waals surface area contributed by atoms with Gasteiger partial charge in [0.05, 0.1) is 5.75 Å². The third-order valence-corrected chi connectivity index (χ3v) is 7.00. The lowest BCUT2D eigenvalue weighted by Gasteiger charge is -2.19. The number of hydrogen-bond acceptors (Lipinski definition) is 4. The summed E-state index contributed by atoms with van der Waals surface area (Å²) in [6, 6.07) is 17.0. The second-order valence-electron chi connectivity index (χ2n) is 8.00. The van der Waals surface area contributed by atoms with Gasteiger partial charge in [0.25, 0.3) is 0 Å². The molecule has 3 rings (SSSR count). The lowest BCUT2D eigenvalue weighted by molar-refractivity contribution is 0.590. The van der Waals surface area contributed by atoms with Crippen molar-refractivity contribution in [2.45, 2.75) is 62.1 Å². The summed E-state index contributed by atoms with van der Waals surface area (Å²) in [5, 5.41) is 10.7. The molecule has 0 saturated heterocycles. The van der Waals surface area contributed by atoms with E-state index in [2.05, 4.69) is 78.9 Å². The summed E-state index contributed by atoms with van der Waals surface area (Å²) in [5.41, 5.74) is 4.14. The van der Waals surface area contributed by atoms with Gasteiger partial charge >= 0.3 is 0 Å². The molecule has 0 N–H and O–H groups in total. The van der Waals surface area contributed by atoms with Crippen molar-refractivity contribution in [2.75, 3.05) is 0 Å². The van der Waals surface area contributed by atoms with Crippen LogP contribution in [-0.2, 0) is 29.2 Å². The van der Waals surface area contributed by atoms with E-state index in [1.807, 2.05) is 23.9 Å². The number of halogens is 1. The molecule has 0 bridgehead atoms. The molecular weight excluding hydrogens is 418 g/mol. The number of benzene rings is 2.